The molecule has 2 aliphatic heterocycles. The Morgan fingerprint density at radius 2 is 1.89 bits per heavy atom. The summed E-state index contributed by atoms with van der Waals surface area (Å²) < 4.78 is 18.5. The Hall–Kier alpha value is -3.43. The molecule has 37 heavy (non-hydrogen) atoms. The fourth-order valence-electron chi connectivity index (χ4n) is 5.62. The van der Waals surface area contributed by atoms with Gasteiger partial charge in [-0.2, -0.15) is 15.3 Å². The Labute approximate surface area is 217 Å². The van der Waals surface area contributed by atoms with Crippen LogP contribution in [0, 0.1) is 6.92 Å². The lowest BCUT2D eigenvalue weighted by Crippen LogP contribution is -2.32. The number of nitrogens with zero attached hydrogens (tertiary/aromatic N) is 7. The van der Waals surface area contributed by atoms with Gasteiger partial charge in [0, 0.05) is 44.7 Å². The molecule has 0 saturated carbocycles. The molecule has 6 rings (SSSR count). The SMILES string of the molecule is Cc1nn(C)c2c1/C=C\c1nn(C3CCCCO3)c3ccc(cc13)-c1cnn(C)c1CN(C)CC(C)O2. The zero-order chi connectivity index (χ0) is 25.7. The Bertz CT molecular complexity index is 1470. The molecule has 0 spiro atoms. The number of ether oxygens (including phenoxy) is 2. The van der Waals surface area contributed by atoms with Crippen LogP contribution in [-0.4, -0.2) is 60.5 Å². The molecule has 9 heteroatoms. The fraction of sp³-hybridized carbons (Fsp3) is 0.464. The summed E-state index contributed by atoms with van der Waals surface area (Å²) in [5.41, 5.74) is 7.34. The third-order valence-corrected chi connectivity index (χ3v) is 7.46. The molecule has 3 aromatic heterocycles. The van der Waals surface area contributed by atoms with Crippen molar-refractivity contribution in [2.75, 3.05) is 20.2 Å². The maximum atomic E-state index is 6.45. The van der Waals surface area contributed by atoms with Gasteiger partial charge in [-0.25, -0.2) is 9.36 Å². The number of aromatic nitrogens is 6. The monoisotopic (exact) mass is 501 g/mol. The van der Waals surface area contributed by atoms with E-state index in [1.54, 1.807) is 0 Å². The number of hydrogen-bond donors (Lipinski definition) is 0. The lowest BCUT2D eigenvalue weighted by Gasteiger charge is -2.23. The maximum absolute atomic E-state index is 6.45. The Kier molecular flexibility index (Phi) is 6.12. The van der Waals surface area contributed by atoms with Gasteiger partial charge in [0.2, 0.25) is 5.88 Å². The van der Waals surface area contributed by atoms with Crippen molar-refractivity contribution < 1.29 is 9.47 Å². The first-order valence-electron chi connectivity index (χ1n) is 13.1. The predicted molar refractivity (Wildman–Crippen MR) is 144 cm³/mol. The van der Waals surface area contributed by atoms with Crippen LogP contribution in [0.3, 0.4) is 0 Å². The summed E-state index contributed by atoms with van der Waals surface area (Å²) in [6.45, 7) is 6.43. The molecule has 9 nitrogen and oxygen atoms in total. The number of benzene rings is 1. The van der Waals surface area contributed by atoms with Crippen LogP contribution in [0.2, 0.25) is 0 Å². The first-order valence-corrected chi connectivity index (χ1v) is 13.1. The summed E-state index contributed by atoms with van der Waals surface area (Å²) in [5, 5.41) is 15.4. The average molecular weight is 502 g/mol. The molecule has 2 bridgehead atoms. The molecule has 5 heterocycles. The van der Waals surface area contributed by atoms with E-state index in [9.17, 15) is 0 Å². The summed E-state index contributed by atoms with van der Waals surface area (Å²) in [4.78, 5) is 2.28. The van der Waals surface area contributed by atoms with Gasteiger partial charge in [0.15, 0.2) is 6.23 Å². The minimum atomic E-state index is -0.0441. The Morgan fingerprint density at radius 3 is 2.70 bits per heavy atom. The van der Waals surface area contributed by atoms with E-state index in [1.807, 2.05) is 36.6 Å². The highest BCUT2D eigenvalue weighted by molar-refractivity contribution is 5.93. The third-order valence-electron chi connectivity index (χ3n) is 7.46. The zero-order valence-electron chi connectivity index (χ0n) is 22.3. The van der Waals surface area contributed by atoms with Crippen LogP contribution in [0.1, 0.15) is 55.1 Å². The van der Waals surface area contributed by atoms with Gasteiger partial charge in [-0.3, -0.25) is 9.58 Å². The highest BCUT2D eigenvalue weighted by atomic mass is 16.5. The van der Waals surface area contributed by atoms with Gasteiger partial charge in [-0.05, 0) is 70.0 Å². The van der Waals surface area contributed by atoms with Gasteiger partial charge < -0.3 is 9.47 Å². The quantitative estimate of drug-likeness (QED) is 0.381. The number of aryl methyl sites for hydroxylation is 3. The molecule has 0 N–H and O–H groups in total. The normalized spacial score (nSPS) is 21.8. The van der Waals surface area contributed by atoms with Crippen molar-refractivity contribution in [3.8, 4) is 17.0 Å². The minimum Gasteiger partial charge on any atom is -0.473 e. The number of fused-ring (bicyclic) bond motifs is 4. The predicted octanol–water partition coefficient (Wildman–Crippen LogP) is 4.56. The molecular weight excluding hydrogens is 466 g/mol. The Balaban J connectivity index is 1.55. The van der Waals surface area contributed by atoms with E-state index in [0.29, 0.717) is 0 Å². The molecule has 2 unspecified atom stereocenters. The van der Waals surface area contributed by atoms with E-state index in [2.05, 4.69) is 64.1 Å². The van der Waals surface area contributed by atoms with Gasteiger partial charge in [0.1, 0.15) is 6.10 Å². The summed E-state index contributed by atoms with van der Waals surface area (Å²) in [6.07, 6.45) is 9.30. The van der Waals surface area contributed by atoms with E-state index in [-0.39, 0.29) is 12.3 Å². The molecule has 1 saturated heterocycles. The van der Waals surface area contributed by atoms with Gasteiger partial charge in [0.25, 0.3) is 0 Å². The molecule has 2 aliphatic rings. The molecular formula is C28H35N7O2. The molecule has 194 valence electrons. The largest absolute Gasteiger partial charge is 0.473 e. The van der Waals surface area contributed by atoms with Crippen molar-refractivity contribution in [3.63, 3.8) is 0 Å². The summed E-state index contributed by atoms with van der Waals surface area (Å²) >= 11 is 0. The second kappa shape index (κ2) is 9.46. The van der Waals surface area contributed by atoms with Crippen LogP contribution in [0.25, 0.3) is 34.2 Å². The summed E-state index contributed by atoms with van der Waals surface area (Å²) in [6, 6.07) is 6.61. The molecule has 4 aromatic rings. The maximum Gasteiger partial charge on any atom is 0.219 e. The number of hydrogen-bond acceptors (Lipinski definition) is 6. The molecule has 0 radical (unpaired) electrons. The van der Waals surface area contributed by atoms with Gasteiger partial charge in [0.05, 0.1) is 34.4 Å². The second-order valence-electron chi connectivity index (χ2n) is 10.4. The van der Waals surface area contributed by atoms with Crippen LogP contribution in [0.5, 0.6) is 5.88 Å². The van der Waals surface area contributed by atoms with E-state index in [1.165, 1.54) is 5.69 Å². The zero-order valence-corrected chi connectivity index (χ0v) is 22.3. The number of rotatable bonds is 1. The highest BCUT2D eigenvalue weighted by Crippen LogP contribution is 2.34. The standard InChI is InChI=1S/C28H35N7O2/c1-18-16-32(3)17-26-23(15-29-33(26)4)20-9-12-25-22(14-20)24(31-35(25)27-8-6-7-13-36-27)11-10-21-19(2)30-34(5)28(21)37-18/h9-12,14-15,18,27H,6-8,13,16-17H2,1-5H3/b11-10-. The van der Waals surface area contributed by atoms with E-state index >= 15 is 0 Å². The molecule has 0 amide bonds. The summed E-state index contributed by atoms with van der Waals surface area (Å²) in [5.74, 6) is 0.769. The lowest BCUT2D eigenvalue weighted by molar-refractivity contribution is -0.0367. The van der Waals surface area contributed by atoms with Crippen molar-refractivity contribution >= 4 is 23.1 Å². The van der Waals surface area contributed by atoms with E-state index in [4.69, 9.17) is 14.6 Å². The average Bonchev–Trinajstić information content (AvgIpc) is 3.51. The summed E-state index contributed by atoms with van der Waals surface area (Å²) in [7, 11) is 6.07. The molecule has 1 fully saturated rings. The topological polar surface area (TPSA) is 75.2 Å². The molecule has 0 aliphatic carbocycles. The first kappa shape index (κ1) is 23.9. The van der Waals surface area contributed by atoms with Crippen molar-refractivity contribution in [2.45, 2.75) is 52.0 Å². The van der Waals surface area contributed by atoms with E-state index in [0.717, 1.165) is 83.8 Å². The third kappa shape index (κ3) is 4.36. The molecule has 1 aromatic carbocycles. The van der Waals surface area contributed by atoms with Crippen LogP contribution in [0.15, 0.2) is 24.4 Å². The Morgan fingerprint density at radius 1 is 1.03 bits per heavy atom. The fourth-order valence-corrected chi connectivity index (χ4v) is 5.62. The first-order chi connectivity index (χ1) is 17.9. The van der Waals surface area contributed by atoms with Crippen molar-refractivity contribution in [2.24, 2.45) is 14.1 Å². The van der Waals surface area contributed by atoms with Crippen molar-refractivity contribution in [3.05, 3.63) is 47.0 Å². The van der Waals surface area contributed by atoms with Crippen LogP contribution in [-0.2, 0) is 25.4 Å². The van der Waals surface area contributed by atoms with Gasteiger partial charge >= 0.3 is 0 Å². The lowest BCUT2D eigenvalue weighted by atomic mass is 10.0. The van der Waals surface area contributed by atoms with Crippen molar-refractivity contribution in [1.29, 1.82) is 0 Å². The van der Waals surface area contributed by atoms with E-state index < -0.39 is 0 Å². The highest BCUT2D eigenvalue weighted by Gasteiger charge is 2.23. The molecule has 2 atom stereocenters. The second-order valence-corrected chi connectivity index (χ2v) is 10.4. The smallest absolute Gasteiger partial charge is 0.219 e. The van der Waals surface area contributed by atoms with Crippen LogP contribution in [0.4, 0.5) is 0 Å². The van der Waals surface area contributed by atoms with Crippen molar-refractivity contribution in [1.82, 2.24) is 34.2 Å². The number of likely N-dealkylation sites (N-methyl/N-ethyl adjacent to an activating group) is 1. The van der Waals surface area contributed by atoms with Crippen LogP contribution >= 0.6 is 0 Å². The van der Waals surface area contributed by atoms with Gasteiger partial charge in [-0.15, -0.1) is 0 Å². The minimum absolute atomic E-state index is 0.0239. The van der Waals surface area contributed by atoms with Gasteiger partial charge in [-0.1, -0.05) is 6.07 Å². The van der Waals surface area contributed by atoms with Crippen LogP contribution < -0.4 is 4.74 Å².